The van der Waals surface area contributed by atoms with Gasteiger partial charge in [0.15, 0.2) is 0 Å². The SMILES string of the molecule is O=C(O)CN(CC(=O)O)[C@H]1CCCC[C@@H]1N(CC(=O)O)C[C@@H](Cc1ccccc1)[As](CC(=O)O)CC(=O)O. The molecule has 0 bridgehead atoms. The van der Waals surface area contributed by atoms with Gasteiger partial charge in [0.25, 0.3) is 0 Å². The molecule has 210 valence electrons. The minimum atomic E-state index is -2.60. The molecule has 1 aromatic carbocycles. The predicted molar refractivity (Wildman–Crippen MR) is 137 cm³/mol. The van der Waals surface area contributed by atoms with Gasteiger partial charge in [0, 0.05) is 0 Å². The minimum absolute atomic E-state index is 0.122. The third-order valence-electron chi connectivity index (χ3n) is 6.60. The van der Waals surface area contributed by atoms with E-state index >= 15 is 0 Å². The number of rotatable bonds is 17. The summed E-state index contributed by atoms with van der Waals surface area (Å²) in [7, 11) is 0. The van der Waals surface area contributed by atoms with Gasteiger partial charge in [-0.2, -0.15) is 0 Å². The Bertz CT molecular complexity index is 944. The Balaban J connectivity index is 2.47. The van der Waals surface area contributed by atoms with Crippen LogP contribution in [0.15, 0.2) is 30.3 Å². The van der Waals surface area contributed by atoms with Gasteiger partial charge >= 0.3 is 225 Å². The molecule has 5 N–H and O–H groups in total. The van der Waals surface area contributed by atoms with Gasteiger partial charge in [-0.15, -0.1) is 0 Å². The standard InChI is InChI=1S/C25H35AsN2O10/c29-21(30)11-26(12-22(31)32)18(10-17-6-2-1-3-7-17)13-27(14-23(33)34)19-8-4-5-9-20(19)28(15-24(35)36)16-25(37)38/h1-3,6-7,18-20H,4-5,8-16H2,(H,29,30)(H,31,32)(H,33,34)(H,35,36)(H,37,38)/t18-,19+,20+/m1/s1. The van der Waals surface area contributed by atoms with Crippen LogP contribution in [0.4, 0.5) is 0 Å². The zero-order valence-corrected chi connectivity index (χ0v) is 22.9. The van der Waals surface area contributed by atoms with E-state index < -0.39 is 80.9 Å². The van der Waals surface area contributed by atoms with Crippen LogP contribution in [-0.4, -0.2) is 118 Å². The molecule has 0 saturated heterocycles. The normalized spacial score (nSPS) is 18.4. The van der Waals surface area contributed by atoms with Crippen LogP contribution >= 0.6 is 0 Å². The van der Waals surface area contributed by atoms with Crippen LogP contribution in [0, 0.1) is 0 Å². The molecule has 0 aliphatic heterocycles. The van der Waals surface area contributed by atoms with Crippen molar-refractivity contribution in [3.63, 3.8) is 0 Å². The molecule has 0 radical (unpaired) electrons. The van der Waals surface area contributed by atoms with Crippen molar-refractivity contribution in [2.24, 2.45) is 0 Å². The summed E-state index contributed by atoms with van der Waals surface area (Å²) in [6.45, 7) is -1.32. The molecule has 0 aromatic heterocycles. The summed E-state index contributed by atoms with van der Waals surface area (Å²) >= 11 is -2.60. The van der Waals surface area contributed by atoms with Crippen LogP contribution in [0.25, 0.3) is 0 Å². The molecule has 12 nitrogen and oxygen atoms in total. The second-order valence-electron chi connectivity index (χ2n) is 9.47. The second kappa shape index (κ2) is 15.5. The Morgan fingerprint density at radius 3 is 1.61 bits per heavy atom. The average molecular weight is 598 g/mol. The number of carboxylic acids is 5. The molecule has 0 unspecified atom stereocenters. The van der Waals surface area contributed by atoms with Crippen molar-refractivity contribution in [1.29, 1.82) is 0 Å². The number of hydrogen-bond donors (Lipinski definition) is 5. The molecule has 1 aliphatic rings. The van der Waals surface area contributed by atoms with Gasteiger partial charge in [0.05, 0.1) is 0 Å². The quantitative estimate of drug-likeness (QED) is 0.162. The molecular formula is C25H35AsN2O10. The maximum atomic E-state index is 11.9. The van der Waals surface area contributed by atoms with Gasteiger partial charge in [-0.05, 0) is 0 Å². The molecule has 13 heteroatoms. The molecule has 1 saturated carbocycles. The predicted octanol–water partition coefficient (Wildman–Crippen LogP) is 1.43. The topological polar surface area (TPSA) is 193 Å². The Hall–Kier alpha value is -2.95. The van der Waals surface area contributed by atoms with Gasteiger partial charge in [-0.3, -0.25) is 0 Å². The van der Waals surface area contributed by atoms with Gasteiger partial charge in [0.2, 0.25) is 0 Å². The molecule has 1 aliphatic carbocycles. The number of carbonyl (C=O) groups is 5. The zero-order valence-electron chi connectivity index (χ0n) is 21.0. The van der Waals surface area contributed by atoms with Crippen LogP contribution in [0.2, 0.25) is 15.1 Å². The molecule has 0 amide bonds. The fourth-order valence-corrected chi connectivity index (χ4v) is 9.88. The molecule has 1 fully saturated rings. The summed E-state index contributed by atoms with van der Waals surface area (Å²) in [5, 5.41) is 47.1. The van der Waals surface area contributed by atoms with Gasteiger partial charge in [-0.1, -0.05) is 0 Å². The monoisotopic (exact) mass is 598 g/mol. The van der Waals surface area contributed by atoms with E-state index in [0.29, 0.717) is 19.3 Å². The molecule has 38 heavy (non-hydrogen) atoms. The van der Waals surface area contributed by atoms with E-state index in [9.17, 15) is 49.5 Å². The third-order valence-corrected chi connectivity index (χ3v) is 12.3. The fourth-order valence-electron chi connectivity index (χ4n) is 5.20. The summed E-state index contributed by atoms with van der Waals surface area (Å²) in [6, 6.07) is 8.15. The first-order chi connectivity index (χ1) is 18.0. The molecule has 0 spiro atoms. The third kappa shape index (κ3) is 10.8. The summed E-state index contributed by atoms with van der Waals surface area (Å²) in [5.74, 6) is -5.72. The van der Waals surface area contributed by atoms with Crippen molar-refractivity contribution in [2.45, 2.75) is 59.3 Å². The Morgan fingerprint density at radius 1 is 0.711 bits per heavy atom. The van der Waals surface area contributed by atoms with Crippen LogP contribution in [0.5, 0.6) is 0 Å². The average Bonchev–Trinajstić information content (AvgIpc) is 2.81. The van der Waals surface area contributed by atoms with Crippen LogP contribution in [0.3, 0.4) is 0 Å². The van der Waals surface area contributed by atoms with E-state index in [1.807, 2.05) is 30.3 Å². The number of benzene rings is 1. The zero-order chi connectivity index (χ0) is 28.2. The number of nitrogens with zero attached hydrogens (tertiary/aromatic N) is 2. The molecule has 1 aromatic rings. The van der Waals surface area contributed by atoms with Crippen molar-refractivity contribution in [1.82, 2.24) is 9.80 Å². The van der Waals surface area contributed by atoms with Crippen molar-refractivity contribution in [3.05, 3.63) is 35.9 Å². The first-order valence-electron chi connectivity index (χ1n) is 12.3. The Morgan fingerprint density at radius 2 is 1.16 bits per heavy atom. The molecular weight excluding hydrogens is 563 g/mol. The summed E-state index contributed by atoms with van der Waals surface area (Å²) in [6.07, 6.45) is 2.83. The first-order valence-corrected chi connectivity index (χ1v) is 16.0. The summed E-state index contributed by atoms with van der Waals surface area (Å²) < 4.78 is -0.397. The van der Waals surface area contributed by atoms with E-state index in [4.69, 9.17) is 0 Å². The van der Waals surface area contributed by atoms with Crippen molar-refractivity contribution < 1.29 is 49.5 Å². The van der Waals surface area contributed by atoms with E-state index in [-0.39, 0.29) is 17.0 Å². The maximum absolute atomic E-state index is 11.9. The molecule has 0 heterocycles. The van der Waals surface area contributed by atoms with Gasteiger partial charge in [-0.25, -0.2) is 0 Å². The van der Waals surface area contributed by atoms with E-state index in [1.165, 1.54) is 4.90 Å². The van der Waals surface area contributed by atoms with E-state index in [2.05, 4.69) is 0 Å². The second-order valence-corrected chi connectivity index (χ2v) is 14.8. The van der Waals surface area contributed by atoms with Crippen LogP contribution < -0.4 is 0 Å². The summed E-state index contributed by atoms with van der Waals surface area (Å²) in [5.41, 5.74) is 0.876. The van der Waals surface area contributed by atoms with Crippen LogP contribution in [-0.2, 0) is 30.4 Å². The van der Waals surface area contributed by atoms with Crippen molar-refractivity contribution in [3.8, 4) is 0 Å². The first kappa shape index (κ1) is 31.3. The molecule has 2 rings (SSSR count). The number of carboxylic acid groups (broad SMARTS) is 5. The summed E-state index contributed by atoms with van der Waals surface area (Å²) in [4.78, 5) is 61.3. The van der Waals surface area contributed by atoms with Crippen molar-refractivity contribution in [2.75, 3.05) is 26.2 Å². The fraction of sp³-hybridized carbons (Fsp3) is 0.560. The van der Waals surface area contributed by atoms with Gasteiger partial charge in [0.1, 0.15) is 0 Å². The van der Waals surface area contributed by atoms with E-state index in [1.54, 1.807) is 4.90 Å². The number of aliphatic carboxylic acids is 5. The van der Waals surface area contributed by atoms with Crippen LogP contribution in [0.1, 0.15) is 31.2 Å². The Labute approximate surface area is 225 Å². The van der Waals surface area contributed by atoms with E-state index in [0.717, 1.165) is 18.4 Å². The van der Waals surface area contributed by atoms with Gasteiger partial charge < -0.3 is 0 Å². The Kier molecular flexibility index (Phi) is 12.7. The number of hydrogen-bond acceptors (Lipinski definition) is 7. The molecule has 3 atom stereocenters. The van der Waals surface area contributed by atoms with Crippen molar-refractivity contribution >= 4 is 44.5 Å².